The van der Waals surface area contributed by atoms with Gasteiger partial charge < -0.3 is 0 Å². The van der Waals surface area contributed by atoms with Crippen LogP contribution in [0, 0.1) is 13.8 Å². The lowest BCUT2D eigenvalue weighted by Crippen LogP contribution is -1.99. The van der Waals surface area contributed by atoms with Gasteiger partial charge in [0.25, 0.3) is 0 Å². The van der Waals surface area contributed by atoms with Crippen molar-refractivity contribution in [3.05, 3.63) is 55.7 Å². The van der Waals surface area contributed by atoms with Crippen molar-refractivity contribution in [1.29, 1.82) is 0 Å². The van der Waals surface area contributed by atoms with Gasteiger partial charge in [0.05, 0.1) is 8.66 Å². The fourth-order valence-corrected chi connectivity index (χ4v) is 2.81. The quantitative estimate of drug-likeness (QED) is 0.752. The molecule has 0 amide bonds. The zero-order chi connectivity index (χ0) is 11.7. The van der Waals surface area contributed by atoms with Crippen LogP contribution in [-0.2, 0) is 0 Å². The summed E-state index contributed by atoms with van der Waals surface area (Å²) in [4.78, 5) is 12.9. The highest BCUT2D eigenvalue weighted by Gasteiger charge is 2.11. The zero-order valence-electron chi connectivity index (χ0n) is 9.08. The van der Waals surface area contributed by atoms with E-state index in [0.717, 1.165) is 19.8 Å². The molecule has 0 N–H and O–H groups in total. The van der Waals surface area contributed by atoms with Crippen LogP contribution in [0.2, 0.25) is 0 Å². The first-order valence-electron chi connectivity index (χ1n) is 4.95. The Hall–Kier alpha value is -0.930. The van der Waals surface area contributed by atoms with Gasteiger partial charge in [-0.2, -0.15) is 0 Å². The van der Waals surface area contributed by atoms with Crippen molar-refractivity contribution in [2.75, 3.05) is 0 Å². The number of carbonyl (C=O) groups excluding carboxylic acids is 1. The van der Waals surface area contributed by atoms with E-state index in [2.05, 4.69) is 15.9 Å². The van der Waals surface area contributed by atoms with E-state index >= 15 is 0 Å². The minimum atomic E-state index is 0.0961. The van der Waals surface area contributed by atoms with Crippen molar-refractivity contribution in [3.63, 3.8) is 0 Å². The summed E-state index contributed by atoms with van der Waals surface area (Å²) in [7, 11) is 0. The second kappa shape index (κ2) is 4.52. The Bertz CT molecular complexity index is 543. The minimum Gasteiger partial charge on any atom is -0.288 e. The Morgan fingerprint density at radius 3 is 2.44 bits per heavy atom. The molecule has 16 heavy (non-hydrogen) atoms. The summed E-state index contributed by atoms with van der Waals surface area (Å²) in [6, 6.07) is 9.58. The lowest BCUT2D eigenvalue weighted by Gasteiger charge is -2.02. The van der Waals surface area contributed by atoms with Crippen molar-refractivity contribution >= 4 is 33.0 Å². The molecule has 0 saturated carbocycles. The Balaban J connectivity index is 2.38. The Morgan fingerprint density at radius 2 is 1.88 bits per heavy atom. The topological polar surface area (TPSA) is 17.1 Å². The molecule has 0 unspecified atom stereocenters. The van der Waals surface area contributed by atoms with Gasteiger partial charge in [0.2, 0.25) is 5.78 Å². The van der Waals surface area contributed by atoms with E-state index in [-0.39, 0.29) is 5.78 Å². The molecule has 1 aromatic heterocycles. The fourth-order valence-electron chi connectivity index (χ4n) is 1.46. The van der Waals surface area contributed by atoms with Crippen molar-refractivity contribution in [2.45, 2.75) is 13.8 Å². The second-order valence-electron chi connectivity index (χ2n) is 3.73. The van der Waals surface area contributed by atoms with E-state index < -0.39 is 0 Å². The molecule has 0 bridgehead atoms. The first-order chi connectivity index (χ1) is 7.58. The molecular weight excluding hydrogens is 284 g/mol. The summed E-state index contributed by atoms with van der Waals surface area (Å²) in [6.45, 7) is 4.07. The number of carbonyl (C=O) groups is 1. The maximum Gasteiger partial charge on any atom is 0.202 e. The molecule has 0 saturated heterocycles. The maximum atomic E-state index is 12.1. The molecule has 1 aromatic carbocycles. The summed E-state index contributed by atoms with van der Waals surface area (Å²) in [6.07, 6.45) is 0. The number of rotatable bonds is 2. The minimum absolute atomic E-state index is 0.0961. The number of hydrogen-bond acceptors (Lipinski definition) is 2. The number of thiophene rings is 1. The van der Waals surface area contributed by atoms with Gasteiger partial charge in [-0.25, -0.2) is 0 Å². The summed E-state index contributed by atoms with van der Waals surface area (Å²) in [5.41, 5.74) is 3.13. The maximum absolute atomic E-state index is 12.1. The normalized spacial score (nSPS) is 10.4. The SMILES string of the molecule is Cc1ccc(C(=O)c2ccc(Br)s2)cc1C. The molecule has 0 radical (unpaired) electrons. The Kier molecular flexibility index (Phi) is 3.26. The largest absolute Gasteiger partial charge is 0.288 e. The standard InChI is InChI=1S/C13H11BrOS/c1-8-3-4-10(7-9(8)2)13(15)11-5-6-12(14)16-11/h3-7H,1-2H3. The van der Waals surface area contributed by atoms with Crippen molar-refractivity contribution in [3.8, 4) is 0 Å². The van der Waals surface area contributed by atoms with Gasteiger partial charge in [0, 0.05) is 5.56 Å². The van der Waals surface area contributed by atoms with E-state index in [9.17, 15) is 4.79 Å². The fraction of sp³-hybridized carbons (Fsp3) is 0.154. The predicted octanol–water partition coefficient (Wildman–Crippen LogP) is 4.36. The molecule has 0 spiro atoms. The van der Waals surface area contributed by atoms with Gasteiger partial charge in [-0.15, -0.1) is 11.3 Å². The molecule has 2 aromatic rings. The molecule has 1 heterocycles. The van der Waals surface area contributed by atoms with Gasteiger partial charge in [0.1, 0.15) is 0 Å². The number of ketones is 1. The Morgan fingerprint density at radius 1 is 1.12 bits per heavy atom. The third-order valence-electron chi connectivity index (χ3n) is 2.57. The summed E-state index contributed by atoms with van der Waals surface area (Å²) in [5.74, 6) is 0.0961. The smallest absolute Gasteiger partial charge is 0.202 e. The number of halogens is 1. The van der Waals surface area contributed by atoms with Crippen LogP contribution in [0.4, 0.5) is 0 Å². The van der Waals surface area contributed by atoms with E-state index in [1.165, 1.54) is 16.9 Å². The van der Waals surface area contributed by atoms with E-state index in [1.54, 1.807) is 0 Å². The van der Waals surface area contributed by atoms with Crippen LogP contribution < -0.4 is 0 Å². The van der Waals surface area contributed by atoms with Gasteiger partial charge in [-0.3, -0.25) is 4.79 Å². The van der Waals surface area contributed by atoms with Crippen LogP contribution >= 0.6 is 27.3 Å². The molecule has 0 atom stereocenters. The highest BCUT2D eigenvalue weighted by molar-refractivity contribution is 9.11. The van der Waals surface area contributed by atoms with Gasteiger partial charge >= 0.3 is 0 Å². The number of aryl methyl sites for hydroxylation is 2. The van der Waals surface area contributed by atoms with Gasteiger partial charge in [-0.05, 0) is 59.1 Å². The zero-order valence-corrected chi connectivity index (χ0v) is 11.5. The first-order valence-corrected chi connectivity index (χ1v) is 6.56. The molecular formula is C13H11BrOS. The van der Waals surface area contributed by atoms with Gasteiger partial charge in [0.15, 0.2) is 0 Å². The van der Waals surface area contributed by atoms with Crippen LogP contribution in [0.1, 0.15) is 26.4 Å². The third kappa shape index (κ3) is 2.25. The molecule has 0 aliphatic carbocycles. The molecule has 1 nitrogen and oxygen atoms in total. The number of benzene rings is 1. The first kappa shape index (κ1) is 11.6. The van der Waals surface area contributed by atoms with Crippen LogP contribution in [-0.4, -0.2) is 5.78 Å². The number of hydrogen-bond donors (Lipinski definition) is 0. The van der Waals surface area contributed by atoms with Gasteiger partial charge in [-0.1, -0.05) is 12.1 Å². The van der Waals surface area contributed by atoms with E-state index in [4.69, 9.17) is 0 Å². The summed E-state index contributed by atoms with van der Waals surface area (Å²) in [5, 5.41) is 0. The van der Waals surface area contributed by atoms with Crippen LogP contribution in [0.15, 0.2) is 34.1 Å². The highest BCUT2D eigenvalue weighted by atomic mass is 79.9. The van der Waals surface area contributed by atoms with E-state index in [0.29, 0.717) is 0 Å². The molecule has 0 aliphatic rings. The van der Waals surface area contributed by atoms with Crippen molar-refractivity contribution in [1.82, 2.24) is 0 Å². The van der Waals surface area contributed by atoms with Crippen LogP contribution in [0.3, 0.4) is 0 Å². The lowest BCUT2D eigenvalue weighted by atomic mass is 10.0. The van der Waals surface area contributed by atoms with Crippen LogP contribution in [0.5, 0.6) is 0 Å². The Labute approximate surface area is 107 Å². The second-order valence-corrected chi connectivity index (χ2v) is 6.19. The third-order valence-corrected chi connectivity index (χ3v) is 4.19. The molecule has 82 valence electrons. The lowest BCUT2D eigenvalue weighted by molar-refractivity contribution is 0.104. The molecule has 0 fully saturated rings. The van der Waals surface area contributed by atoms with Crippen LogP contribution in [0.25, 0.3) is 0 Å². The molecule has 0 aliphatic heterocycles. The summed E-state index contributed by atoms with van der Waals surface area (Å²) >= 11 is 4.83. The average Bonchev–Trinajstić information content (AvgIpc) is 2.68. The van der Waals surface area contributed by atoms with Crippen molar-refractivity contribution < 1.29 is 4.79 Å². The average molecular weight is 295 g/mol. The highest BCUT2D eigenvalue weighted by Crippen LogP contribution is 2.25. The van der Waals surface area contributed by atoms with Crippen molar-refractivity contribution in [2.24, 2.45) is 0 Å². The molecule has 3 heteroatoms. The monoisotopic (exact) mass is 294 g/mol. The molecule has 2 rings (SSSR count). The summed E-state index contributed by atoms with van der Waals surface area (Å²) < 4.78 is 0.986. The predicted molar refractivity (Wildman–Crippen MR) is 71.4 cm³/mol. The van der Waals surface area contributed by atoms with E-state index in [1.807, 2.05) is 44.2 Å².